The number of aromatic amines is 1. The molecule has 1 aromatic heterocycles. The summed E-state index contributed by atoms with van der Waals surface area (Å²) in [5.41, 5.74) is 1.04. The maximum Gasteiger partial charge on any atom is 0.267 e. The quantitative estimate of drug-likeness (QED) is 0.665. The summed E-state index contributed by atoms with van der Waals surface area (Å²) < 4.78 is 0. The van der Waals surface area contributed by atoms with Crippen molar-refractivity contribution in [3.05, 3.63) is 18.0 Å². The Balaban J connectivity index is 2.67. The highest BCUT2D eigenvalue weighted by Crippen LogP contribution is 2.08. The van der Waals surface area contributed by atoms with Gasteiger partial charge in [-0.05, 0) is 13.0 Å². The van der Waals surface area contributed by atoms with Gasteiger partial charge in [0.05, 0.1) is 5.69 Å². The Morgan fingerprint density at radius 1 is 1.50 bits per heavy atom. The zero-order valence-corrected chi connectivity index (χ0v) is 8.18. The Kier molecular flexibility index (Phi) is 3.28. The molecule has 0 unspecified atom stereocenters. The van der Waals surface area contributed by atoms with Crippen LogP contribution in [-0.4, -0.2) is 23.3 Å². The van der Waals surface area contributed by atoms with Crippen LogP contribution in [0.5, 0.6) is 0 Å². The minimum Gasteiger partial charge on any atom is -0.355 e. The molecule has 0 spiro atoms. The summed E-state index contributed by atoms with van der Waals surface area (Å²) in [6, 6.07) is 1.59. The fourth-order valence-electron chi connectivity index (χ4n) is 1.06. The zero-order valence-electron chi connectivity index (χ0n) is 8.18. The maximum atomic E-state index is 11.3. The number of H-pyrrole nitrogens is 1. The Bertz CT molecular complexity index is 344. The van der Waals surface area contributed by atoms with Gasteiger partial charge in [0, 0.05) is 19.7 Å². The molecular formula is C9H13N3O2. The van der Waals surface area contributed by atoms with Gasteiger partial charge in [-0.25, -0.2) is 0 Å². The third-order valence-corrected chi connectivity index (χ3v) is 1.59. The van der Waals surface area contributed by atoms with Crippen LogP contribution in [0.15, 0.2) is 12.3 Å². The van der Waals surface area contributed by atoms with Crippen LogP contribution >= 0.6 is 0 Å². The number of carbonyl (C=O) groups excluding carboxylic acids is 2. The number of hydrogen-bond acceptors (Lipinski definition) is 2. The van der Waals surface area contributed by atoms with Crippen molar-refractivity contribution in [2.24, 2.45) is 0 Å². The highest BCUT2D eigenvalue weighted by Gasteiger charge is 2.07. The summed E-state index contributed by atoms with van der Waals surface area (Å²) in [5.74, 6) is -0.337. The van der Waals surface area contributed by atoms with Crippen molar-refractivity contribution in [3.8, 4) is 0 Å². The lowest BCUT2D eigenvalue weighted by atomic mass is 10.4. The fraction of sp³-hybridized carbons (Fsp3) is 0.333. The number of rotatable bonds is 3. The lowest BCUT2D eigenvalue weighted by molar-refractivity contribution is -0.114. The normalized spacial score (nSPS) is 9.57. The number of anilines is 1. The summed E-state index contributed by atoms with van der Waals surface area (Å²) in [6.45, 7) is 3.84. The van der Waals surface area contributed by atoms with Crippen LogP contribution in [0.3, 0.4) is 0 Å². The molecule has 2 amide bonds. The van der Waals surface area contributed by atoms with Crippen LogP contribution in [0.1, 0.15) is 24.3 Å². The first-order valence-electron chi connectivity index (χ1n) is 4.37. The van der Waals surface area contributed by atoms with Gasteiger partial charge in [-0.15, -0.1) is 0 Å². The van der Waals surface area contributed by atoms with Crippen molar-refractivity contribution < 1.29 is 9.59 Å². The van der Waals surface area contributed by atoms with Crippen molar-refractivity contribution in [1.29, 1.82) is 0 Å². The summed E-state index contributed by atoms with van der Waals surface area (Å²) >= 11 is 0. The SMILES string of the molecule is CCNC(=O)c1cc(NC(C)=O)c[nH]1. The molecule has 76 valence electrons. The Hall–Kier alpha value is -1.78. The molecule has 0 aliphatic rings. The second kappa shape index (κ2) is 4.45. The van der Waals surface area contributed by atoms with E-state index in [0.29, 0.717) is 17.9 Å². The number of amides is 2. The van der Waals surface area contributed by atoms with Crippen LogP contribution < -0.4 is 10.6 Å². The molecule has 3 N–H and O–H groups in total. The molecule has 0 bridgehead atoms. The molecule has 0 aromatic carbocycles. The average molecular weight is 195 g/mol. The van der Waals surface area contributed by atoms with E-state index in [9.17, 15) is 9.59 Å². The minimum absolute atomic E-state index is 0.161. The smallest absolute Gasteiger partial charge is 0.267 e. The van der Waals surface area contributed by atoms with Gasteiger partial charge < -0.3 is 15.6 Å². The first kappa shape index (κ1) is 10.3. The van der Waals surface area contributed by atoms with E-state index in [1.807, 2.05) is 6.92 Å². The van der Waals surface area contributed by atoms with Crippen LogP contribution in [0.4, 0.5) is 5.69 Å². The Labute approximate surface area is 81.9 Å². The van der Waals surface area contributed by atoms with Crippen molar-refractivity contribution in [2.45, 2.75) is 13.8 Å². The van der Waals surface area contributed by atoms with Crippen molar-refractivity contribution in [1.82, 2.24) is 10.3 Å². The van der Waals surface area contributed by atoms with Crippen LogP contribution in [0.25, 0.3) is 0 Å². The van der Waals surface area contributed by atoms with Crippen molar-refractivity contribution in [3.63, 3.8) is 0 Å². The van der Waals surface area contributed by atoms with Crippen molar-refractivity contribution in [2.75, 3.05) is 11.9 Å². The highest BCUT2D eigenvalue weighted by atomic mass is 16.2. The summed E-state index contributed by atoms with van der Waals surface area (Å²) in [6.07, 6.45) is 1.58. The van der Waals surface area contributed by atoms with Gasteiger partial charge in [-0.1, -0.05) is 0 Å². The van der Waals surface area contributed by atoms with E-state index in [0.717, 1.165) is 0 Å². The predicted molar refractivity (Wildman–Crippen MR) is 53.1 cm³/mol. The largest absolute Gasteiger partial charge is 0.355 e. The van der Waals surface area contributed by atoms with Crippen LogP contribution in [0, 0.1) is 0 Å². The summed E-state index contributed by atoms with van der Waals surface area (Å²) in [4.78, 5) is 24.8. The molecule has 0 atom stereocenters. The van der Waals surface area contributed by atoms with Crippen LogP contribution in [-0.2, 0) is 4.79 Å². The van der Waals surface area contributed by atoms with Gasteiger partial charge in [0.15, 0.2) is 0 Å². The van der Waals surface area contributed by atoms with Gasteiger partial charge >= 0.3 is 0 Å². The van der Waals surface area contributed by atoms with Crippen molar-refractivity contribution >= 4 is 17.5 Å². The molecule has 0 radical (unpaired) electrons. The minimum atomic E-state index is -0.177. The van der Waals surface area contributed by atoms with Gasteiger partial charge in [0.1, 0.15) is 5.69 Å². The molecular weight excluding hydrogens is 182 g/mol. The molecule has 1 rings (SSSR count). The zero-order chi connectivity index (χ0) is 10.6. The summed E-state index contributed by atoms with van der Waals surface area (Å²) in [7, 11) is 0. The topological polar surface area (TPSA) is 74.0 Å². The molecule has 5 nitrogen and oxygen atoms in total. The van der Waals surface area contributed by atoms with Crippen LogP contribution in [0.2, 0.25) is 0 Å². The average Bonchev–Trinajstić information content (AvgIpc) is 2.52. The molecule has 1 aromatic rings. The molecule has 0 saturated carbocycles. The highest BCUT2D eigenvalue weighted by molar-refractivity contribution is 5.95. The monoisotopic (exact) mass is 195 g/mol. The Morgan fingerprint density at radius 3 is 2.79 bits per heavy atom. The molecule has 5 heteroatoms. The lowest BCUT2D eigenvalue weighted by Gasteiger charge is -1.97. The van der Waals surface area contributed by atoms with E-state index in [-0.39, 0.29) is 11.8 Å². The third-order valence-electron chi connectivity index (χ3n) is 1.59. The van der Waals surface area contributed by atoms with Gasteiger partial charge in [0.2, 0.25) is 5.91 Å². The fourth-order valence-corrected chi connectivity index (χ4v) is 1.06. The number of carbonyl (C=O) groups is 2. The molecule has 0 fully saturated rings. The van der Waals surface area contributed by atoms with E-state index in [2.05, 4.69) is 15.6 Å². The van der Waals surface area contributed by atoms with Gasteiger partial charge in [0.25, 0.3) is 5.91 Å². The molecule has 0 aliphatic carbocycles. The van der Waals surface area contributed by atoms with E-state index >= 15 is 0 Å². The number of aromatic nitrogens is 1. The van der Waals surface area contributed by atoms with Gasteiger partial charge in [-0.2, -0.15) is 0 Å². The second-order valence-corrected chi connectivity index (χ2v) is 2.84. The number of nitrogens with one attached hydrogen (secondary N) is 3. The lowest BCUT2D eigenvalue weighted by Crippen LogP contribution is -2.22. The third kappa shape index (κ3) is 2.62. The first-order chi connectivity index (χ1) is 6.63. The predicted octanol–water partition coefficient (Wildman–Crippen LogP) is 0.723. The molecule has 14 heavy (non-hydrogen) atoms. The van der Waals surface area contributed by atoms with E-state index in [1.54, 1.807) is 12.3 Å². The second-order valence-electron chi connectivity index (χ2n) is 2.84. The molecule has 0 saturated heterocycles. The number of hydrogen-bond donors (Lipinski definition) is 3. The van der Waals surface area contributed by atoms with E-state index in [1.165, 1.54) is 6.92 Å². The van der Waals surface area contributed by atoms with E-state index < -0.39 is 0 Å². The molecule has 0 aliphatic heterocycles. The molecule has 1 heterocycles. The van der Waals surface area contributed by atoms with Gasteiger partial charge in [-0.3, -0.25) is 9.59 Å². The first-order valence-corrected chi connectivity index (χ1v) is 4.37. The Morgan fingerprint density at radius 2 is 2.21 bits per heavy atom. The van der Waals surface area contributed by atoms with E-state index in [4.69, 9.17) is 0 Å². The maximum absolute atomic E-state index is 11.3. The summed E-state index contributed by atoms with van der Waals surface area (Å²) in [5, 5.41) is 5.22. The standard InChI is InChI=1S/C9H13N3O2/c1-3-10-9(14)8-4-7(5-11-8)12-6(2)13/h4-5,11H,3H2,1-2H3,(H,10,14)(H,12,13).